The van der Waals surface area contributed by atoms with Crippen molar-refractivity contribution in [3.8, 4) is 0 Å². The second-order valence-electron chi connectivity index (χ2n) is 41.4. The predicted molar refractivity (Wildman–Crippen MR) is 622 cm³/mol. The Morgan fingerprint density at radius 3 is 0.514 bits per heavy atom. The van der Waals surface area contributed by atoms with Gasteiger partial charge in [0.25, 0.3) is 0 Å². The highest BCUT2D eigenvalue weighted by Gasteiger charge is 2.21. The van der Waals surface area contributed by atoms with Crippen LogP contribution in [0.15, 0.2) is 146 Å². The number of hydrogen-bond acceptors (Lipinski definition) is 7. The number of rotatable bonds is 105. The molecule has 138 heavy (non-hydrogen) atoms. The second kappa shape index (κ2) is 131. The average Bonchev–Trinajstić information content (AvgIpc) is 0.929. The van der Waals surface area contributed by atoms with Crippen LogP contribution in [0.4, 0.5) is 0 Å². The number of unbranched alkanes of at least 4 members (excludes halogenated alkanes) is 54. The molecule has 0 aliphatic heterocycles. The lowest BCUT2D eigenvalue weighted by atomic mass is 10.1. The summed E-state index contributed by atoms with van der Waals surface area (Å²) in [5, 5.41) is 0. The van der Waals surface area contributed by atoms with Crippen LogP contribution in [0.25, 0.3) is 0 Å². The molecule has 0 fully saturated rings. The lowest BCUT2D eigenvalue weighted by Crippen LogP contribution is -3.00. The molecular formula is C126H240ClI2N3O6. The van der Waals surface area contributed by atoms with Crippen molar-refractivity contribution in [2.45, 2.75) is 522 Å². The molecule has 0 aliphatic rings. The Hall–Kier alpha value is -1.73. The Kier molecular flexibility index (Phi) is 140. The molecule has 0 heterocycles. The number of nitrogens with zero attached hydrogens (tertiary/aromatic N) is 3. The quantitative estimate of drug-likeness (QED) is 0.0198. The van der Waals surface area contributed by atoms with Crippen LogP contribution >= 0.6 is 22.6 Å². The highest BCUT2D eigenvalue weighted by Crippen LogP contribution is 2.19. The maximum absolute atomic E-state index is 6.31. The van der Waals surface area contributed by atoms with Crippen molar-refractivity contribution in [2.75, 3.05) is 140 Å². The fourth-order valence-electron chi connectivity index (χ4n) is 16.3. The molecule has 9 nitrogen and oxygen atoms in total. The van der Waals surface area contributed by atoms with E-state index >= 15 is 0 Å². The first-order valence-electron chi connectivity index (χ1n) is 58.7. The summed E-state index contributed by atoms with van der Waals surface area (Å²) in [5.41, 5.74) is 0. The van der Waals surface area contributed by atoms with Gasteiger partial charge in [-0.05, 0) is 250 Å². The number of likely N-dealkylation sites (N-methyl/N-ethyl adjacent to an activating group) is 3. The number of ether oxygens (including phenoxy) is 6. The largest absolute Gasteiger partial charge is 1.00 e. The monoisotopic (exact) mass is 2180 g/mol. The van der Waals surface area contributed by atoms with E-state index in [0.29, 0.717) is 0 Å². The van der Waals surface area contributed by atoms with Crippen molar-refractivity contribution in [1.29, 1.82) is 0 Å². The first kappa shape index (κ1) is 147. The zero-order valence-corrected chi connectivity index (χ0v) is 100.0. The maximum atomic E-state index is 6.31. The summed E-state index contributed by atoms with van der Waals surface area (Å²) in [6.07, 6.45) is 149. The van der Waals surface area contributed by atoms with Gasteiger partial charge in [-0.1, -0.05) is 441 Å². The van der Waals surface area contributed by atoms with E-state index in [1.165, 1.54) is 424 Å². The third-order valence-electron chi connectivity index (χ3n) is 24.5. The SMILES string of the molecule is CCCCC/C=C\C/C=C\CCCCCCCCOCC(CN(C)C)OCCCCCCCC/C=C\C/C=C\CCCCC.CCCCC/C=C\C/C=C\CCCCCCCCOCC(C[N+](C)(C)C)OCCCCCCCC/C=C\C/C=C\CCCCC.CCCCC/C=C\C/C=C\CCCCCCCCOCC(C[N+](C)(C)C)OCCCCCCCC/C=C\C/C=C\CCCCC.CI.[Cl-].[I-]. The summed E-state index contributed by atoms with van der Waals surface area (Å²) >= 11 is 2.15. The first-order chi connectivity index (χ1) is 66.7. The molecule has 12 heteroatoms. The van der Waals surface area contributed by atoms with E-state index in [1.807, 2.05) is 4.93 Å². The molecule has 0 aliphatic carbocycles. The van der Waals surface area contributed by atoms with Gasteiger partial charge in [0.05, 0.1) is 68.2 Å². The van der Waals surface area contributed by atoms with Gasteiger partial charge < -0.3 is 78.7 Å². The van der Waals surface area contributed by atoms with Crippen molar-refractivity contribution in [3.63, 3.8) is 0 Å². The van der Waals surface area contributed by atoms with Crippen LogP contribution in [0.3, 0.4) is 0 Å². The smallest absolute Gasteiger partial charge is 0.130 e. The van der Waals surface area contributed by atoms with Crippen LogP contribution in [-0.4, -0.2) is 173 Å². The van der Waals surface area contributed by atoms with Crippen LogP contribution in [0.1, 0.15) is 504 Å². The molecule has 0 amide bonds. The zero-order valence-electron chi connectivity index (χ0n) is 94.9. The number of alkyl halides is 1. The molecule has 816 valence electrons. The molecule has 0 saturated heterocycles. The van der Waals surface area contributed by atoms with E-state index in [0.717, 1.165) is 127 Å². The van der Waals surface area contributed by atoms with Gasteiger partial charge in [0.15, 0.2) is 0 Å². The van der Waals surface area contributed by atoms with Crippen LogP contribution < -0.4 is 36.4 Å². The summed E-state index contributed by atoms with van der Waals surface area (Å²) < 4.78 is 38.9. The van der Waals surface area contributed by atoms with Crippen LogP contribution in [0.2, 0.25) is 0 Å². The van der Waals surface area contributed by atoms with Gasteiger partial charge >= 0.3 is 0 Å². The van der Waals surface area contributed by atoms with E-state index in [4.69, 9.17) is 28.4 Å². The fourth-order valence-corrected chi connectivity index (χ4v) is 16.3. The first-order valence-corrected chi connectivity index (χ1v) is 60.9. The van der Waals surface area contributed by atoms with E-state index < -0.39 is 0 Å². The fraction of sp³-hybridized carbons (Fsp3) is 0.810. The molecule has 0 aromatic heterocycles. The molecule has 0 radical (unpaired) electrons. The number of quaternary nitrogens is 2. The maximum Gasteiger partial charge on any atom is 0.130 e. The van der Waals surface area contributed by atoms with Crippen molar-refractivity contribution >= 4 is 22.6 Å². The van der Waals surface area contributed by atoms with Crippen molar-refractivity contribution in [1.82, 2.24) is 4.90 Å². The zero-order chi connectivity index (χ0) is 99.9. The molecule has 0 N–H and O–H groups in total. The third kappa shape index (κ3) is 143. The van der Waals surface area contributed by atoms with Gasteiger partial charge in [-0.3, -0.25) is 0 Å². The minimum Gasteiger partial charge on any atom is -1.00 e. The van der Waals surface area contributed by atoms with E-state index in [-0.39, 0.29) is 54.7 Å². The third-order valence-corrected chi connectivity index (χ3v) is 24.5. The molecule has 0 aromatic carbocycles. The molecule has 0 aromatic rings. The Bertz CT molecular complexity index is 2480. The van der Waals surface area contributed by atoms with Gasteiger partial charge in [-0.2, -0.15) is 0 Å². The van der Waals surface area contributed by atoms with Gasteiger partial charge in [0.1, 0.15) is 25.3 Å². The Morgan fingerprint density at radius 1 is 0.203 bits per heavy atom. The minimum absolute atomic E-state index is 0. The predicted octanol–water partition coefficient (Wildman–Crippen LogP) is 33.1. The van der Waals surface area contributed by atoms with E-state index in [9.17, 15) is 0 Å². The molecular weight excluding hydrogens is 1940 g/mol. The summed E-state index contributed by atoms with van der Waals surface area (Å²) in [4.78, 5) is 4.19. The van der Waals surface area contributed by atoms with Gasteiger partial charge in [-0.15, -0.1) is 0 Å². The van der Waals surface area contributed by atoms with Gasteiger partial charge in [0.2, 0.25) is 0 Å². The lowest BCUT2D eigenvalue weighted by Gasteiger charge is -2.29. The van der Waals surface area contributed by atoms with Crippen LogP contribution in [0.5, 0.6) is 0 Å². The van der Waals surface area contributed by atoms with Crippen molar-refractivity contribution in [3.05, 3.63) is 146 Å². The Balaban J connectivity index is -0.000000466. The van der Waals surface area contributed by atoms with E-state index in [1.54, 1.807) is 0 Å². The highest BCUT2D eigenvalue weighted by molar-refractivity contribution is 14.1. The Labute approximate surface area is 902 Å². The molecule has 0 spiro atoms. The summed E-state index contributed by atoms with van der Waals surface area (Å²) in [5.74, 6) is 0. The molecule has 0 rings (SSSR count). The number of allylic oxidation sites excluding steroid dienone is 24. The number of hydrogen-bond donors (Lipinski definition) is 0. The van der Waals surface area contributed by atoms with Gasteiger partial charge in [0, 0.05) is 46.2 Å². The summed E-state index contributed by atoms with van der Waals surface area (Å²) in [7, 11) is 17.7. The molecule has 0 saturated carbocycles. The van der Waals surface area contributed by atoms with E-state index in [2.05, 4.69) is 271 Å². The van der Waals surface area contributed by atoms with Crippen LogP contribution in [0, 0.1) is 0 Å². The molecule has 3 unspecified atom stereocenters. The van der Waals surface area contributed by atoms with Crippen molar-refractivity contribution in [2.24, 2.45) is 0 Å². The normalized spacial score (nSPS) is 13.0. The summed E-state index contributed by atoms with van der Waals surface area (Å²) in [6, 6.07) is 0. The Morgan fingerprint density at radius 2 is 0.348 bits per heavy atom. The topological polar surface area (TPSA) is 58.6 Å². The molecule has 0 bridgehead atoms. The second-order valence-corrected chi connectivity index (χ2v) is 41.4. The standard InChI is InChI=1S/2C42H80NO2.C41H77NO2.CH3I.ClH.HI/c2*1-6-8-10-12-14-16-18-20-22-24-26-28-30-32-34-36-38-44-41-42(40-43(3,4)5)45-39-37-35-33-31-29-27-25-23-21-19-17-15-13-11-9-7-2;1-5-7-9-11-13-15-17-19-21-23-25-27-29-31-33-35-37-43-40-41(39-42(3)4)44-38-36-34-32-30-28-26-24-22-20-18-16-14-12-10-8-6-2;1-2;;/h2*14-17,20-23,42H,6-13,18-19,24-41H2,1-5H3;13-16,19-22,41H,5-12,17-18,23-40H2,1-4H3;1H3;2*1H/q2*+1;;;;/p-2/b2*16-14-,17-15-,22-20-,23-21-;15-13-,16-14-,21-19-,22-20-;;;. The molecule has 3 atom stereocenters. The van der Waals surface area contributed by atoms with Crippen LogP contribution in [-0.2, 0) is 28.4 Å². The highest BCUT2D eigenvalue weighted by atomic mass is 127. The van der Waals surface area contributed by atoms with Gasteiger partial charge in [-0.25, -0.2) is 0 Å². The minimum atomic E-state index is 0. The number of halogens is 3. The average molecular weight is 2180 g/mol. The van der Waals surface area contributed by atoms with Crippen molar-refractivity contribution < 1.29 is 73.8 Å². The lowest BCUT2D eigenvalue weighted by molar-refractivity contribution is -0.873. The summed E-state index contributed by atoms with van der Waals surface area (Å²) in [6.45, 7) is 23.9.